The standard InChI is InChI=1S/C12H21NO2S/c1-2-3-6-15-7-5-13-9-12(14)11-4-8-16-10-11/h4,8,10,12-14H,2-3,5-7,9H2,1H3. The monoisotopic (exact) mass is 243 g/mol. The Hall–Kier alpha value is -0.420. The summed E-state index contributed by atoms with van der Waals surface area (Å²) in [6.45, 7) is 5.10. The normalized spacial score (nSPS) is 12.9. The predicted octanol–water partition coefficient (Wildman–Crippen LogP) is 2.19. The Labute approximate surface area is 101 Å². The molecule has 3 nitrogen and oxygen atoms in total. The van der Waals surface area contributed by atoms with Crippen LogP contribution in [0.5, 0.6) is 0 Å². The molecule has 0 spiro atoms. The summed E-state index contributed by atoms with van der Waals surface area (Å²) in [6, 6.07) is 1.95. The molecule has 1 unspecified atom stereocenters. The van der Waals surface area contributed by atoms with Gasteiger partial charge in [-0.15, -0.1) is 0 Å². The highest BCUT2D eigenvalue weighted by atomic mass is 32.1. The molecular formula is C12H21NO2S. The molecule has 0 aliphatic carbocycles. The Morgan fingerprint density at radius 3 is 3.06 bits per heavy atom. The Bertz CT molecular complexity index is 252. The molecule has 92 valence electrons. The van der Waals surface area contributed by atoms with Gasteiger partial charge in [0, 0.05) is 19.7 Å². The summed E-state index contributed by atoms with van der Waals surface area (Å²) < 4.78 is 5.40. The number of hydrogen-bond donors (Lipinski definition) is 2. The van der Waals surface area contributed by atoms with E-state index in [2.05, 4.69) is 12.2 Å². The van der Waals surface area contributed by atoms with Crippen molar-refractivity contribution in [2.45, 2.75) is 25.9 Å². The molecule has 1 atom stereocenters. The number of thiophene rings is 1. The lowest BCUT2D eigenvalue weighted by molar-refractivity contribution is 0.125. The second kappa shape index (κ2) is 8.70. The van der Waals surface area contributed by atoms with Crippen molar-refractivity contribution in [1.82, 2.24) is 5.32 Å². The van der Waals surface area contributed by atoms with Crippen LogP contribution >= 0.6 is 11.3 Å². The van der Waals surface area contributed by atoms with E-state index in [4.69, 9.17) is 4.74 Å². The van der Waals surface area contributed by atoms with Crippen molar-refractivity contribution in [3.63, 3.8) is 0 Å². The third-order valence-corrected chi connectivity index (χ3v) is 3.03. The highest BCUT2D eigenvalue weighted by Gasteiger charge is 2.06. The van der Waals surface area contributed by atoms with Gasteiger partial charge in [0.15, 0.2) is 0 Å². The maximum Gasteiger partial charge on any atom is 0.0922 e. The summed E-state index contributed by atoms with van der Waals surface area (Å²) in [7, 11) is 0. The lowest BCUT2D eigenvalue weighted by atomic mass is 10.2. The van der Waals surface area contributed by atoms with E-state index in [1.165, 1.54) is 6.42 Å². The first-order valence-corrected chi connectivity index (χ1v) is 6.77. The zero-order valence-electron chi connectivity index (χ0n) is 9.82. The minimum Gasteiger partial charge on any atom is -0.387 e. The number of hydrogen-bond acceptors (Lipinski definition) is 4. The smallest absolute Gasteiger partial charge is 0.0922 e. The van der Waals surface area contributed by atoms with E-state index in [1.54, 1.807) is 11.3 Å². The van der Waals surface area contributed by atoms with Crippen LogP contribution in [0.15, 0.2) is 16.8 Å². The van der Waals surface area contributed by atoms with E-state index in [0.29, 0.717) is 6.54 Å². The fraction of sp³-hybridized carbons (Fsp3) is 0.667. The second-order valence-corrected chi connectivity index (χ2v) is 4.52. The molecule has 1 aromatic heterocycles. The summed E-state index contributed by atoms with van der Waals surface area (Å²) in [5, 5.41) is 16.9. The largest absolute Gasteiger partial charge is 0.387 e. The van der Waals surface area contributed by atoms with Gasteiger partial charge < -0.3 is 15.2 Å². The van der Waals surface area contributed by atoms with E-state index in [9.17, 15) is 5.11 Å². The van der Waals surface area contributed by atoms with Crippen molar-refractivity contribution >= 4 is 11.3 Å². The van der Waals surface area contributed by atoms with Crippen LogP contribution in [0.1, 0.15) is 31.4 Å². The van der Waals surface area contributed by atoms with E-state index in [-0.39, 0.29) is 0 Å². The van der Waals surface area contributed by atoms with Crippen LogP contribution in [0.4, 0.5) is 0 Å². The van der Waals surface area contributed by atoms with E-state index in [1.807, 2.05) is 16.8 Å². The van der Waals surface area contributed by atoms with Crippen molar-refractivity contribution in [1.29, 1.82) is 0 Å². The molecule has 0 aliphatic rings. The quantitative estimate of drug-likeness (QED) is 0.653. The fourth-order valence-corrected chi connectivity index (χ4v) is 2.02. The minimum atomic E-state index is -0.401. The summed E-state index contributed by atoms with van der Waals surface area (Å²) >= 11 is 1.61. The van der Waals surface area contributed by atoms with Crippen LogP contribution < -0.4 is 5.32 Å². The summed E-state index contributed by atoms with van der Waals surface area (Å²) in [6.07, 6.45) is 1.89. The zero-order chi connectivity index (χ0) is 11.6. The van der Waals surface area contributed by atoms with Crippen LogP contribution in [0.3, 0.4) is 0 Å². The van der Waals surface area contributed by atoms with Crippen molar-refractivity contribution in [3.8, 4) is 0 Å². The molecule has 0 bridgehead atoms. The lowest BCUT2D eigenvalue weighted by Crippen LogP contribution is -2.25. The van der Waals surface area contributed by atoms with Crippen molar-refractivity contribution in [2.24, 2.45) is 0 Å². The summed E-state index contributed by atoms with van der Waals surface area (Å²) in [5.74, 6) is 0. The average Bonchev–Trinajstić information content (AvgIpc) is 2.81. The molecule has 0 fully saturated rings. The first-order valence-electron chi connectivity index (χ1n) is 5.83. The lowest BCUT2D eigenvalue weighted by Gasteiger charge is -2.10. The van der Waals surface area contributed by atoms with Crippen LogP contribution in [0, 0.1) is 0 Å². The molecular weight excluding hydrogens is 222 g/mol. The zero-order valence-corrected chi connectivity index (χ0v) is 10.6. The first kappa shape index (κ1) is 13.6. The second-order valence-electron chi connectivity index (χ2n) is 3.74. The van der Waals surface area contributed by atoms with Gasteiger partial charge in [-0.05, 0) is 28.8 Å². The number of ether oxygens (including phenoxy) is 1. The number of rotatable bonds is 9. The Kier molecular flexibility index (Phi) is 7.42. The molecule has 2 N–H and O–H groups in total. The summed E-state index contributed by atoms with van der Waals surface area (Å²) in [4.78, 5) is 0. The van der Waals surface area contributed by atoms with Gasteiger partial charge in [-0.3, -0.25) is 0 Å². The number of nitrogens with one attached hydrogen (secondary N) is 1. The van der Waals surface area contributed by atoms with E-state index < -0.39 is 6.10 Å². The third-order valence-electron chi connectivity index (χ3n) is 2.33. The molecule has 0 amide bonds. The van der Waals surface area contributed by atoms with Gasteiger partial charge in [-0.2, -0.15) is 11.3 Å². The number of aliphatic hydroxyl groups excluding tert-OH is 1. The molecule has 4 heteroatoms. The highest BCUT2D eigenvalue weighted by molar-refractivity contribution is 7.07. The maximum atomic E-state index is 9.75. The molecule has 0 saturated carbocycles. The third kappa shape index (κ3) is 5.61. The van der Waals surface area contributed by atoms with Gasteiger partial charge in [-0.25, -0.2) is 0 Å². The highest BCUT2D eigenvalue weighted by Crippen LogP contribution is 2.14. The molecule has 0 aromatic carbocycles. The van der Waals surface area contributed by atoms with Crippen molar-refractivity contribution < 1.29 is 9.84 Å². The molecule has 0 aliphatic heterocycles. The fourth-order valence-electron chi connectivity index (χ4n) is 1.31. The molecule has 0 saturated heterocycles. The van der Waals surface area contributed by atoms with Gasteiger partial charge in [0.1, 0.15) is 0 Å². The SMILES string of the molecule is CCCCOCCNCC(O)c1ccsc1. The molecule has 0 radical (unpaired) electrons. The van der Waals surface area contributed by atoms with Gasteiger partial charge >= 0.3 is 0 Å². The molecule has 1 aromatic rings. The molecule has 1 heterocycles. The Balaban J connectivity index is 1.95. The van der Waals surface area contributed by atoms with E-state index in [0.717, 1.165) is 31.7 Å². The minimum absolute atomic E-state index is 0.401. The molecule has 1 rings (SSSR count). The van der Waals surface area contributed by atoms with E-state index >= 15 is 0 Å². The van der Waals surface area contributed by atoms with Crippen LogP contribution in [-0.4, -0.2) is 31.4 Å². The van der Waals surface area contributed by atoms with Gasteiger partial charge in [0.2, 0.25) is 0 Å². The number of aliphatic hydroxyl groups is 1. The molecule has 16 heavy (non-hydrogen) atoms. The Morgan fingerprint density at radius 1 is 1.50 bits per heavy atom. The van der Waals surface area contributed by atoms with Crippen molar-refractivity contribution in [3.05, 3.63) is 22.4 Å². The summed E-state index contributed by atoms with van der Waals surface area (Å²) in [5.41, 5.74) is 0.990. The first-order chi connectivity index (χ1) is 7.84. The van der Waals surface area contributed by atoms with Crippen molar-refractivity contribution in [2.75, 3.05) is 26.3 Å². The topological polar surface area (TPSA) is 41.5 Å². The number of unbranched alkanes of at least 4 members (excludes halogenated alkanes) is 1. The van der Waals surface area contributed by atoms with Gasteiger partial charge in [0.25, 0.3) is 0 Å². The van der Waals surface area contributed by atoms with Crippen LogP contribution in [-0.2, 0) is 4.74 Å². The van der Waals surface area contributed by atoms with Crippen LogP contribution in [0.25, 0.3) is 0 Å². The van der Waals surface area contributed by atoms with Crippen LogP contribution in [0.2, 0.25) is 0 Å². The van der Waals surface area contributed by atoms with Gasteiger partial charge in [-0.1, -0.05) is 13.3 Å². The average molecular weight is 243 g/mol. The Morgan fingerprint density at radius 2 is 2.38 bits per heavy atom. The van der Waals surface area contributed by atoms with Gasteiger partial charge in [0.05, 0.1) is 12.7 Å². The maximum absolute atomic E-state index is 9.75. The predicted molar refractivity (Wildman–Crippen MR) is 67.9 cm³/mol.